The molecule has 3 heterocycles. The second-order valence-electron chi connectivity index (χ2n) is 15.3. The molecular weight excluding hydrogens is 709 g/mol. The van der Waals surface area contributed by atoms with Gasteiger partial charge in [0.15, 0.2) is 0 Å². The molecule has 0 saturated heterocycles. The Kier molecular flexibility index (Phi) is 6.35. The number of hydrogen-bond donors (Lipinski definition) is 0. The molecule has 0 unspecified atom stereocenters. The van der Waals surface area contributed by atoms with Crippen LogP contribution in [0.1, 0.15) is 0 Å². The largest absolute Gasteiger partial charge is 0.309 e. The quantitative estimate of drug-likeness (QED) is 0.160. The van der Waals surface area contributed by atoms with Crippen LogP contribution in [0.4, 0.5) is 0 Å². The summed E-state index contributed by atoms with van der Waals surface area (Å²) in [5.74, 6) is 0. The fourth-order valence-corrected chi connectivity index (χ4v) is 10.9. The average molecular weight is 741 g/mol. The van der Waals surface area contributed by atoms with Gasteiger partial charge in [0, 0.05) is 53.1 Å². The lowest BCUT2D eigenvalue weighted by molar-refractivity contribution is 1.18. The number of benzene rings is 10. The predicted octanol–water partition coefficient (Wildman–Crippen LogP) is 15.4. The van der Waals surface area contributed by atoms with Crippen molar-refractivity contribution in [1.82, 2.24) is 9.13 Å². The summed E-state index contributed by atoms with van der Waals surface area (Å²) in [7, 11) is 0. The van der Waals surface area contributed by atoms with Gasteiger partial charge in [0.1, 0.15) is 0 Å². The summed E-state index contributed by atoms with van der Waals surface area (Å²) in [6.07, 6.45) is 0. The molecule has 0 bridgehead atoms. The Bertz CT molecular complexity index is 3770. The molecule has 13 rings (SSSR count). The molecule has 0 atom stereocenters. The molecule has 0 amide bonds. The van der Waals surface area contributed by atoms with Gasteiger partial charge < -0.3 is 9.13 Å². The van der Waals surface area contributed by atoms with Crippen LogP contribution in [-0.4, -0.2) is 9.13 Å². The second kappa shape index (κ2) is 11.7. The molecule has 13 aromatic rings. The Morgan fingerprint density at radius 3 is 1.46 bits per heavy atom. The van der Waals surface area contributed by atoms with E-state index in [9.17, 15) is 0 Å². The van der Waals surface area contributed by atoms with Gasteiger partial charge in [0.25, 0.3) is 0 Å². The summed E-state index contributed by atoms with van der Waals surface area (Å²) in [5, 5.41) is 15.4. The van der Waals surface area contributed by atoms with E-state index >= 15 is 0 Å². The van der Waals surface area contributed by atoms with Gasteiger partial charge in [-0.15, -0.1) is 11.3 Å². The highest BCUT2D eigenvalue weighted by atomic mass is 32.1. The molecule has 0 aliphatic rings. The SMILES string of the molecule is c1ccc(-n2c3ccccc3c3cc(-c4ccc5c(c4)c4cc6c(cc4n5-c4ccc5c7ccccc7c7ccccc7c5c4)sc4ccccc46)ccc32)cc1. The maximum absolute atomic E-state index is 2.50. The van der Waals surface area contributed by atoms with E-state index in [4.69, 9.17) is 0 Å². The standard InChI is InChI=1S/C54H32N2S/c1-2-12-35(13-3-1)55-49-20-10-8-18-42(49)45-28-33(22-26-50(45)55)34-23-27-51-46(29-34)47-31-48-43-19-9-11-21-53(43)57-54(48)32-52(47)56(51)36-24-25-41-39-16-5-4-14-37(39)38-15-6-7-17-40(38)44(41)30-36/h1-32H. The highest BCUT2D eigenvalue weighted by molar-refractivity contribution is 7.25. The molecule has 0 N–H and O–H groups in total. The van der Waals surface area contributed by atoms with Crippen molar-refractivity contribution >= 4 is 107 Å². The Morgan fingerprint density at radius 1 is 0.246 bits per heavy atom. The van der Waals surface area contributed by atoms with Crippen molar-refractivity contribution in [3.63, 3.8) is 0 Å². The maximum Gasteiger partial charge on any atom is 0.0555 e. The molecule has 264 valence electrons. The molecule has 3 aromatic heterocycles. The number of hydrogen-bond acceptors (Lipinski definition) is 1. The van der Waals surface area contributed by atoms with Crippen molar-refractivity contribution in [2.24, 2.45) is 0 Å². The van der Waals surface area contributed by atoms with E-state index < -0.39 is 0 Å². The molecule has 0 saturated carbocycles. The number of rotatable bonds is 3. The van der Waals surface area contributed by atoms with Gasteiger partial charge in [-0.3, -0.25) is 0 Å². The minimum absolute atomic E-state index is 1.17. The number of aromatic nitrogens is 2. The molecule has 0 spiro atoms. The molecular formula is C54H32N2S. The smallest absolute Gasteiger partial charge is 0.0555 e. The third-order valence-electron chi connectivity index (χ3n) is 12.3. The topological polar surface area (TPSA) is 9.86 Å². The summed E-state index contributed by atoms with van der Waals surface area (Å²) in [6.45, 7) is 0. The van der Waals surface area contributed by atoms with Gasteiger partial charge in [0.2, 0.25) is 0 Å². The minimum atomic E-state index is 1.17. The molecule has 57 heavy (non-hydrogen) atoms. The van der Waals surface area contributed by atoms with Crippen molar-refractivity contribution in [2.45, 2.75) is 0 Å². The lowest BCUT2D eigenvalue weighted by atomic mass is 9.94. The van der Waals surface area contributed by atoms with Crippen LogP contribution in [0.25, 0.3) is 119 Å². The number of para-hydroxylation sites is 2. The van der Waals surface area contributed by atoms with Crippen LogP contribution in [0.3, 0.4) is 0 Å². The van der Waals surface area contributed by atoms with Crippen molar-refractivity contribution in [3.8, 4) is 22.5 Å². The van der Waals surface area contributed by atoms with Crippen molar-refractivity contribution in [1.29, 1.82) is 0 Å². The van der Waals surface area contributed by atoms with Gasteiger partial charge in [-0.05, 0) is 116 Å². The molecule has 0 aliphatic heterocycles. The van der Waals surface area contributed by atoms with Crippen LogP contribution in [0.15, 0.2) is 194 Å². The third kappa shape index (κ3) is 4.40. The minimum Gasteiger partial charge on any atom is -0.309 e. The summed E-state index contributed by atoms with van der Waals surface area (Å²) in [5.41, 5.74) is 9.65. The zero-order chi connectivity index (χ0) is 37.2. The van der Waals surface area contributed by atoms with E-state index in [-0.39, 0.29) is 0 Å². The normalized spacial score (nSPS) is 12.2. The van der Waals surface area contributed by atoms with Crippen LogP contribution >= 0.6 is 11.3 Å². The van der Waals surface area contributed by atoms with Gasteiger partial charge in [-0.1, -0.05) is 121 Å². The van der Waals surface area contributed by atoms with E-state index in [1.54, 1.807) is 0 Å². The van der Waals surface area contributed by atoms with E-state index in [0.717, 1.165) is 0 Å². The van der Waals surface area contributed by atoms with E-state index in [1.807, 2.05) is 11.3 Å². The van der Waals surface area contributed by atoms with Crippen LogP contribution in [-0.2, 0) is 0 Å². The van der Waals surface area contributed by atoms with Gasteiger partial charge in [-0.2, -0.15) is 0 Å². The van der Waals surface area contributed by atoms with Crippen molar-refractivity contribution in [2.75, 3.05) is 0 Å². The highest BCUT2D eigenvalue weighted by Gasteiger charge is 2.19. The first kappa shape index (κ1) is 31.1. The third-order valence-corrected chi connectivity index (χ3v) is 13.4. The summed E-state index contributed by atoms with van der Waals surface area (Å²) in [6, 6.07) is 72.0. The monoisotopic (exact) mass is 740 g/mol. The lowest BCUT2D eigenvalue weighted by Crippen LogP contribution is -1.94. The second-order valence-corrected chi connectivity index (χ2v) is 16.4. The molecule has 0 aliphatic carbocycles. The predicted molar refractivity (Wildman–Crippen MR) is 246 cm³/mol. The average Bonchev–Trinajstić information content (AvgIpc) is 3.92. The van der Waals surface area contributed by atoms with Crippen LogP contribution in [0.2, 0.25) is 0 Å². The number of thiophene rings is 1. The van der Waals surface area contributed by atoms with Crippen LogP contribution < -0.4 is 0 Å². The zero-order valence-corrected chi connectivity index (χ0v) is 31.6. The summed E-state index contributed by atoms with van der Waals surface area (Å²) in [4.78, 5) is 0. The summed E-state index contributed by atoms with van der Waals surface area (Å²) >= 11 is 1.88. The Hall–Kier alpha value is -7.20. The van der Waals surface area contributed by atoms with Crippen molar-refractivity contribution < 1.29 is 0 Å². The molecule has 0 radical (unpaired) electrons. The Labute approximate surface area is 331 Å². The van der Waals surface area contributed by atoms with Crippen LogP contribution in [0.5, 0.6) is 0 Å². The van der Waals surface area contributed by atoms with E-state index in [2.05, 4.69) is 203 Å². The highest BCUT2D eigenvalue weighted by Crippen LogP contribution is 2.44. The van der Waals surface area contributed by atoms with Gasteiger partial charge in [-0.25, -0.2) is 0 Å². The Morgan fingerprint density at radius 2 is 0.754 bits per heavy atom. The Balaban J connectivity index is 1.08. The fraction of sp³-hybridized carbons (Fsp3) is 0. The first-order valence-corrected chi connectivity index (χ1v) is 20.4. The van der Waals surface area contributed by atoms with E-state index in [1.165, 1.54) is 119 Å². The van der Waals surface area contributed by atoms with Gasteiger partial charge in [0.05, 0.1) is 22.1 Å². The lowest BCUT2D eigenvalue weighted by Gasteiger charge is -2.14. The first-order chi connectivity index (χ1) is 28.3. The first-order valence-electron chi connectivity index (χ1n) is 19.6. The molecule has 0 fully saturated rings. The number of nitrogens with zero attached hydrogens (tertiary/aromatic N) is 2. The van der Waals surface area contributed by atoms with E-state index in [0.29, 0.717) is 0 Å². The van der Waals surface area contributed by atoms with Crippen molar-refractivity contribution in [3.05, 3.63) is 194 Å². The molecule has 10 aromatic carbocycles. The number of fused-ring (bicyclic) bond motifs is 15. The molecule has 2 nitrogen and oxygen atoms in total. The summed E-state index contributed by atoms with van der Waals surface area (Å²) < 4.78 is 7.52. The maximum atomic E-state index is 2.50. The zero-order valence-electron chi connectivity index (χ0n) is 30.8. The molecule has 3 heteroatoms. The van der Waals surface area contributed by atoms with Gasteiger partial charge >= 0.3 is 0 Å². The fourth-order valence-electron chi connectivity index (χ4n) is 9.74. The van der Waals surface area contributed by atoms with Crippen LogP contribution in [0, 0.1) is 0 Å².